The van der Waals surface area contributed by atoms with Gasteiger partial charge >= 0.3 is 0 Å². The van der Waals surface area contributed by atoms with Crippen molar-refractivity contribution in [2.24, 2.45) is 0 Å². The molecule has 0 unspecified atom stereocenters. The summed E-state index contributed by atoms with van der Waals surface area (Å²) in [6, 6.07) is 44.6. The van der Waals surface area contributed by atoms with Gasteiger partial charge in [-0.15, -0.1) is 0 Å². The molecule has 13 aromatic carbocycles. The molecule has 0 bridgehead atoms. The normalized spacial score (nSPS) is 15.6. The van der Waals surface area contributed by atoms with Crippen LogP contribution in [0.15, 0.2) is 273 Å². The first-order valence-electron chi connectivity index (χ1n) is 44.1. The second kappa shape index (κ2) is 23.9. The van der Waals surface area contributed by atoms with Gasteiger partial charge in [0.1, 0.15) is 6.07 Å². The summed E-state index contributed by atoms with van der Waals surface area (Å²) in [6.07, 6.45) is 0. The van der Waals surface area contributed by atoms with Crippen LogP contribution in [0.5, 0.6) is 0 Å². The zero-order chi connectivity index (χ0) is 87.7. The Hall–Kier alpha value is -11.9. The van der Waals surface area contributed by atoms with Crippen molar-refractivity contribution < 1.29 is 26.0 Å². The summed E-state index contributed by atoms with van der Waals surface area (Å²) < 4.78 is 182. The molecule has 2 aromatic heterocycles. The minimum absolute atomic E-state index is 0.140. The van der Waals surface area contributed by atoms with Crippen LogP contribution in [-0.4, -0.2) is 15.8 Å². The van der Waals surface area contributed by atoms with Gasteiger partial charge in [0, 0.05) is 66.8 Å². The predicted molar refractivity (Wildman–Crippen MR) is 435 cm³/mol. The largest absolute Gasteiger partial charge is 0.311 e. The van der Waals surface area contributed by atoms with E-state index in [0.717, 1.165) is 83.6 Å². The summed E-state index contributed by atoms with van der Waals surface area (Å²) >= 11 is 0. The van der Waals surface area contributed by atoms with E-state index in [1.165, 1.54) is 15.2 Å². The van der Waals surface area contributed by atoms with Crippen LogP contribution >= 0.6 is 0 Å². The first kappa shape index (κ1) is 46.5. The molecule has 498 valence electrons. The van der Waals surface area contributed by atoms with Crippen molar-refractivity contribution in [3.8, 4) is 68.0 Å². The van der Waals surface area contributed by atoms with Crippen LogP contribution in [-0.2, 0) is 21.7 Å². The van der Waals surface area contributed by atoms with Crippen molar-refractivity contribution in [2.75, 3.05) is 9.80 Å². The van der Waals surface area contributed by atoms with Crippen LogP contribution in [0, 0.1) is 22.7 Å². The Morgan fingerprint density at radius 3 is 1.45 bits per heavy atom. The zero-order valence-corrected chi connectivity index (χ0v) is 59.3. The molecule has 0 radical (unpaired) electrons. The summed E-state index contributed by atoms with van der Waals surface area (Å²) in [5.74, 6) is 0. The SMILES string of the molecule is [2H]c1c([2H])c([2H])c(-c2c([2H])c([2H])c3c4c([2H])c(C#N)c([2H])c([2H])c4n(-c4cc(N5c6cc(-n7c8c([2H])c([2H])c([2H])c([2H])c8c8c([2H])c([2H])c([2H])c([2H])c87)ccc6B6c7ccc(-c8cc(C(C)(C)C)cc(C(C)(C)C)c8)cc7N(c7c(-c8ccccc8)cc(C(C)(C)C)cc7-c7ccccc7)c7cc(C(C)(C)C)cc5c76)ccc4C#N)c3c2[2H])c([2H])c1[2H]. The molecule has 0 saturated carbocycles. The molecule has 0 amide bonds. The maximum absolute atomic E-state index is 11.8. The third kappa shape index (κ3) is 10.7. The summed E-state index contributed by atoms with van der Waals surface area (Å²) in [7, 11) is 0. The number of benzene rings is 13. The number of para-hydroxylation sites is 2. The highest BCUT2D eigenvalue weighted by Gasteiger charge is 2.46. The Morgan fingerprint density at radius 1 is 0.340 bits per heavy atom. The van der Waals surface area contributed by atoms with Crippen LogP contribution in [0.2, 0.25) is 0 Å². The van der Waals surface area contributed by atoms with Crippen molar-refractivity contribution in [1.29, 1.82) is 10.5 Å². The Labute approximate surface area is 632 Å². The lowest BCUT2D eigenvalue weighted by Crippen LogP contribution is -2.61. The Morgan fingerprint density at radius 2 is 0.854 bits per heavy atom. The zero-order valence-electron chi connectivity index (χ0n) is 78.3. The first-order chi connectivity index (χ1) is 57.4. The van der Waals surface area contributed by atoms with E-state index in [-0.39, 0.29) is 77.1 Å². The fourth-order valence-electron chi connectivity index (χ4n) is 14.9. The van der Waals surface area contributed by atoms with Crippen LogP contribution in [0.4, 0.5) is 34.1 Å². The lowest BCUT2D eigenvalue weighted by Gasteiger charge is -2.46. The highest BCUT2D eigenvalue weighted by Crippen LogP contribution is 2.54. The van der Waals surface area contributed by atoms with Crippen LogP contribution in [0.1, 0.15) is 143 Å². The molecule has 0 fully saturated rings. The third-order valence-electron chi connectivity index (χ3n) is 20.3. The van der Waals surface area contributed by atoms with Gasteiger partial charge in [-0.2, -0.15) is 10.5 Å². The molecule has 0 saturated heterocycles. The Balaban J connectivity index is 1.08. The molecule has 17 rings (SSSR count). The van der Waals surface area contributed by atoms with Crippen LogP contribution < -0.4 is 26.2 Å². The highest BCUT2D eigenvalue weighted by molar-refractivity contribution is 7.00. The third-order valence-corrected chi connectivity index (χ3v) is 20.3. The van der Waals surface area contributed by atoms with Gasteiger partial charge in [0.25, 0.3) is 6.71 Å². The van der Waals surface area contributed by atoms with Gasteiger partial charge in [-0.05, 0) is 191 Å². The van der Waals surface area contributed by atoms with Crippen LogP contribution in [0.25, 0.3) is 99.5 Å². The number of rotatable bonds is 8. The molecule has 0 N–H and O–H groups in total. The van der Waals surface area contributed by atoms with Gasteiger partial charge in [0.15, 0.2) is 0 Å². The number of aromatic nitrogens is 2. The molecule has 7 heteroatoms. The summed E-state index contributed by atoms with van der Waals surface area (Å²) in [5, 5.41) is 21.6. The molecule has 6 nitrogen and oxygen atoms in total. The fraction of sp³-hybridized carbons (Fsp3) is 0.167. The Bertz CT molecular complexity index is 7080. The monoisotopic (exact) mass is 1350 g/mol. The summed E-state index contributed by atoms with van der Waals surface area (Å²) in [5.41, 5.74) is 11.0. The van der Waals surface area contributed by atoms with E-state index in [1.807, 2.05) is 53.4 Å². The van der Waals surface area contributed by atoms with E-state index in [2.05, 4.69) is 179 Å². The van der Waals surface area contributed by atoms with Gasteiger partial charge < -0.3 is 18.9 Å². The molecule has 15 aromatic rings. The number of hydrogen-bond donors (Lipinski definition) is 0. The second-order valence-corrected chi connectivity index (χ2v) is 31.0. The van der Waals surface area contributed by atoms with Gasteiger partial charge in [0.2, 0.25) is 0 Å². The molecule has 103 heavy (non-hydrogen) atoms. The summed E-state index contributed by atoms with van der Waals surface area (Å²) in [6.45, 7) is 25.5. The number of fused-ring (bicyclic) bond motifs is 10. The maximum atomic E-state index is 11.8. The molecule has 2 aliphatic rings. The lowest BCUT2D eigenvalue weighted by atomic mass is 9.33. The maximum Gasteiger partial charge on any atom is 0.252 e. The fourth-order valence-corrected chi connectivity index (χ4v) is 14.9. The molecule has 0 spiro atoms. The molecule has 0 atom stereocenters. The number of nitriles is 2. The van der Waals surface area contributed by atoms with Crippen molar-refractivity contribution in [3.05, 3.63) is 306 Å². The van der Waals surface area contributed by atoms with Gasteiger partial charge in [-0.3, -0.25) is 0 Å². The van der Waals surface area contributed by atoms with Crippen molar-refractivity contribution in [2.45, 2.75) is 105 Å². The van der Waals surface area contributed by atoms with E-state index < -0.39 is 149 Å². The van der Waals surface area contributed by atoms with E-state index in [1.54, 1.807) is 24.3 Å². The van der Waals surface area contributed by atoms with E-state index in [0.29, 0.717) is 16.8 Å². The summed E-state index contributed by atoms with van der Waals surface area (Å²) in [4.78, 5) is 4.38. The number of anilines is 6. The van der Waals surface area contributed by atoms with Crippen molar-refractivity contribution in [1.82, 2.24) is 9.13 Å². The molecule has 2 aliphatic heterocycles. The average Bonchev–Trinajstić information content (AvgIpc) is 0.729. The highest BCUT2D eigenvalue weighted by atomic mass is 15.2. The van der Waals surface area contributed by atoms with E-state index in [4.69, 9.17) is 6.85 Å². The smallest absolute Gasteiger partial charge is 0.252 e. The molecular formula is C96H81BN6. The van der Waals surface area contributed by atoms with Crippen molar-refractivity contribution in [3.63, 3.8) is 0 Å². The minimum atomic E-state index is -0.803. The predicted octanol–water partition coefficient (Wildman–Crippen LogP) is 23.6. The van der Waals surface area contributed by atoms with E-state index >= 15 is 0 Å². The minimum Gasteiger partial charge on any atom is -0.311 e. The topological polar surface area (TPSA) is 63.9 Å². The van der Waals surface area contributed by atoms with Gasteiger partial charge in [-0.1, -0.05) is 259 Å². The molecule has 4 heterocycles. The van der Waals surface area contributed by atoms with Gasteiger partial charge in [-0.25, -0.2) is 0 Å². The van der Waals surface area contributed by atoms with Crippen molar-refractivity contribution >= 4 is 101 Å². The van der Waals surface area contributed by atoms with Gasteiger partial charge in [0.05, 0.1) is 76.7 Å². The number of nitrogens with zero attached hydrogens (tertiary/aromatic N) is 6. The number of hydrogen-bond acceptors (Lipinski definition) is 4. The molecule has 0 aliphatic carbocycles. The Kier molecular flexibility index (Phi) is 10.8. The van der Waals surface area contributed by atoms with Crippen LogP contribution in [0.3, 0.4) is 0 Å². The molecular weight excluding hydrogens is 1250 g/mol. The second-order valence-electron chi connectivity index (χ2n) is 31.0. The standard InChI is InChI=1S/C96H81BN6/c1-93(2,3)68-47-67(48-69(51-68)94(4,5)6)65-39-43-80-87(50-65)103(92-77(62-28-18-14-19-29-62)52-70(95(7,8)9)53-78(92)63-30-20-15-21-31-63)90-55-71(96(10,11)12)54-89-91(90)97(80)81-44-41-73(100-82-34-24-22-32-74(82)75-33-23-25-35-83(75)100)57-88(81)101(89)72-40-37-66(59-99)85(56-72)102-84-45-36-60(58-98)46-79(84)76-42-38-64(49-86(76)102)61-26-16-13-17-27-61/h13-57H,1-12H3/i13D,16D,17D,22D,23D,24D,25D,26D,27D,32D,33D,34D,35D,36D,38D,42D,45D,46D,49D. The lowest BCUT2D eigenvalue weighted by molar-refractivity contribution is 0.569. The quantitative estimate of drug-likeness (QED) is 0.142. The average molecular weight is 1350 g/mol. The first-order valence-corrected chi connectivity index (χ1v) is 34.6. The van der Waals surface area contributed by atoms with E-state index in [9.17, 15) is 29.7 Å².